The fourth-order valence-electron chi connectivity index (χ4n) is 5.22. The number of carbonyl (C=O) groups excluding carboxylic acids is 6. The maximum absolute atomic E-state index is 13.8. The molecule has 0 radical (unpaired) electrons. The third-order valence-electron chi connectivity index (χ3n) is 7.88. The van der Waals surface area contributed by atoms with Crippen LogP contribution in [0.15, 0.2) is 4.99 Å². The van der Waals surface area contributed by atoms with E-state index in [0.29, 0.717) is 51.6 Å². The molecule has 0 unspecified atom stereocenters. The molecule has 1 aliphatic heterocycles. The molecule has 1 rings (SSSR count). The summed E-state index contributed by atoms with van der Waals surface area (Å²) in [4.78, 5) is 83.6. The van der Waals surface area contributed by atoms with E-state index < -0.39 is 71.8 Å². The summed E-state index contributed by atoms with van der Waals surface area (Å²) in [6.07, 6.45) is 1.65. The van der Waals surface area contributed by atoms with Gasteiger partial charge in [0, 0.05) is 26.6 Å². The molecule has 16 heteroatoms. The van der Waals surface area contributed by atoms with Crippen LogP contribution in [0.4, 0.5) is 0 Å². The Labute approximate surface area is 271 Å². The Hall–Kier alpha value is -3.95. The van der Waals surface area contributed by atoms with Crippen molar-refractivity contribution in [2.75, 3.05) is 19.6 Å². The largest absolute Gasteiger partial charge is 0.391 e. The second-order valence-electron chi connectivity index (χ2n) is 11.7. The van der Waals surface area contributed by atoms with Gasteiger partial charge in [0.1, 0.15) is 30.2 Å². The standard InChI is InChI=1S/C30H55N9O7/c1-7-12-20(35-19(6)41)25(42)38-24(18(5)40)28(45)37-23(17(4)8-2)27(44)36-21(13-10-15-34-30(31)32)29(46)39-16-11-14-22(39)26(43)33-9-3/h17-18,20-24,40H,7-16H2,1-6H3,(H,33,43)(H,35,41)(H,36,44)(H,37,45)(H,38,42)(H4,31,32,34)/t17-,18+,20+,21-,22-,23-,24-/m0/s1. The summed E-state index contributed by atoms with van der Waals surface area (Å²) in [6, 6.07) is -5.19. The van der Waals surface area contributed by atoms with Crippen LogP contribution in [0.1, 0.15) is 86.5 Å². The lowest BCUT2D eigenvalue weighted by Crippen LogP contribution is -2.62. The molecule has 6 amide bonds. The van der Waals surface area contributed by atoms with E-state index >= 15 is 0 Å². The Morgan fingerprint density at radius 2 is 1.52 bits per heavy atom. The Kier molecular flexibility index (Phi) is 17.6. The highest BCUT2D eigenvalue weighted by Gasteiger charge is 2.39. The lowest BCUT2D eigenvalue weighted by molar-refractivity contribution is -0.142. The minimum atomic E-state index is -1.43. The fraction of sp³-hybridized carbons (Fsp3) is 0.767. The molecule has 1 aliphatic rings. The molecule has 0 spiro atoms. The summed E-state index contributed by atoms with van der Waals surface area (Å²) in [5.74, 6) is -3.75. The molecule has 46 heavy (non-hydrogen) atoms. The normalized spacial score (nSPS) is 18.2. The molecule has 0 aliphatic carbocycles. The molecule has 0 aromatic rings. The molecule has 16 nitrogen and oxygen atoms in total. The van der Waals surface area contributed by atoms with Gasteiger partial charge in [-0.2, -0.15) is 0 Å². The number of hydrogen-bond acceptors (Lipinski definition) is 8. The summed E-state index contributed by atoms with van der Waals surface area (Å²) in [5.41, 5.74) is 10.9. The number of likely N-dealkylation sites (tertiary alicyclic amines) is 1. The summed E-state index contributed by atoms with van der Waals surface area (Å²) >= 11 is 0. The number of aliphatic hydroxyl groups is 1. The lowest BCUT2D eigenvalue weighted by Gasteiger charge is -2.32. The second-order valence-corrected chi connectivity index (χ2v) is 11.7. The molecule has 0 aromatic carbocycles. The highest BCUT2D eigenvalue weighted by atomic mass is 16.3. The van der Waals surface area contributed by atoms with Crippen LogP contribution in [0.3, 0.4) is 0 Å². The quantitative estimate of drug-likeness (QED) is 0.0451. The van der Waals surface area contributed by atoms with Gasteiger partial charge in [-0.25, -0.2) is 0 Å². The van der Waals surface area contributed by atoms with Gasteiger partial charge in [0.2, 0.25) is 35.4 Å². The number of carbonyl (C=O) groups is 6. The van der Waals surface area contributed by atoms with Gasteiger partial charge in [-0.15, -0.1) is 0 Å². The van der Waals surface area contributed by atoms with Crippen molar-refractivity contribution in [3.63, 3.8) is 0 Å². The van der Waals surface area contributed by atoms with Crippen molar-refractivity contribution in [2.24, 2.45) is 22.4 Å². The van der Waals surface area contributed by atoms with E-state index in [1.165, 1.54) is 18.7 Å². The summed E-state index contributed by atoms with van der Waals surface area (Å²) in [7, 11) is 0. The molecular weight excluding hydrogens is 598 g/mol. The maximum atomic E-state index is 13.8. The molecule has 1 fully saturated rings. The van der Waals surface area contributed by atoms with Crippen LogP contribution in [-0.2, 0) is 28.8 Å². The average molecular weight is 654 g/mol. The molecule has 1 saturated heterocycles. The highest BCUT2D eigenvalue weighted by Crippen LogP contribution is 2.20. The molecule has 0 bridgehead atoms. The number of likely N-dealkylation sites (N-methyl/N-ethyl adjacent to an activating group) is 1. The molecule has 0 saturated carbocycles. The van der Waals surface area contributed by atoms with Crippen molar-refractivity contribution >= 4 is 41.4 Å². The van der Waals surface area contributed by atoms with Crippen LogP contribution in [0, 0.1) is 5.92 Å². The van der Waals surface area contributed by atoms with Gasteiger partial charge in [0.15, 0.2) is 5.96 Å². The van der Waals surface area contributed by atoms with Gasteiger partial charge < -0.3 is 48.1 Å². The van der Waals surface area contributed by atoms with Crippen LogP contribution >= 0.6 is 0 Å². The number of aliphatic imine (C=N–C) groups is 1. The summed E-state index contributed by atoms with van der Waals surface area (Å²) < 4.78 is 0. The molecule has 1 heterocycles. The first-order valence-corrected chi connectivity index (χ1v) is 16.2. The first-order valence-electron chi connectivity index (χ1n) is 16.2. The minimum absolute atomic E-state index is 0.111. The number of guanidine groups is 1. The van der Waals surface area contributed by atoms with Crippen molar-refractivity contribution in [2.45, 2.75) is 123 Å². The number of aliphatic hydroxyl groups excluding tert-OH is 1. The summed E-state index contributed by atoms with van der Waals surface area (Å²) in [6.45, 7) is 10.7. The van der Waals surface area contributed by atoms with Gasteiger partial charge >= 0.3 is 0 Å². The predicted octanol–water partition coefficient (Wildman–Crippen LogP) is -1.65. The number of nitrogens with one attached hydrogen (secondary N) is 5. The van der Waals surface area contributed by atoms with Crippen LogP contribution in [0.5, 0.6) is 0 Å². The van der Waals surface area contributed by atoms with Gasteiger partial charge in [0.05, 0.1) is 6.10 Å². The number of amides is 6. The van der Waals surface area contributed by atoms with E-state index in [1.807, 2.05) is 13.8 Å². The van der Waals surface area contributed by atoms with Crippen LogP contribution in [-0.4, -0.2) is 107 Å². The zero-order valence-corrected chi connectivity index (χ0v) is 28.1. The Morgan fingerprint density at radius 1 is 0.891 bits per heavy atom. The maximum Gasteiger partial charge on any atom is 0.245 e. The SMILES string of the molecule is CCC[C@@H](NC(C)=O)C(=O)N[C@H](C(=O)N[C@H](C(=O)N[C@@H](CCCN=C(N)N)C(=O)N1CCC[C@H]1C(=O)NCC)[C@@H](C)CC)[C@@H](C)O. The Morgan fingerprint density at radius 3 is 2.07 bits per heavy atom. The van der Waals surface area contributed by atoms with E-state index in [0.717, 1.165) is 0 Å². The van der Waals surface area contributed by atoms with E-state index in [9.17, 15) is 33.9 Å². The van der Waals surface area contributed by atoms with Crippen molar-refractivity contribution in [1.82, 2.24) is 31.5 Å². The second kappa shape index (κ2) is 20.2. The van der Waals surface area contributed by atoms with E-state index in [-0.39, 0.29) is 24.8 Å². The van der Waals surface area contributed by atoms with Crippen LogP contribution < -0.4 is 38.1 Å². The van der Waals surface area contributed by atoms with Crippen LogP contribution in [0.2, 0.25) is 0 Å². The third kappa shape index (κ3) is 12.8. The molecule has 262 valence electrons. The number of nitrogens with two attached hydrogens (primary N) is 2. The fourth-order valence-corrected chi connectivity index (χ4v) is 5.22. The number of hydrogen-bond donors (Lipinski definition) is 8. The Bertz CT molecular complexity index is 1080. The zero-order chi connectivity index (χ0) is 35.0. The minimum Gasteiger partial charge on any atom is -0.391 e. The molecule has 0 aromatic heterocycles. The average Bonchev–Trinajstić information content (AvgIpc) is 3.48. The van der Waals surface area contributed by atoms with Crippen molar-refractivity contribution in [3.05, 3.63) is 0 Å². The zero-order valence-electron chi connectivity index (χ0n) is 28.1. The van der Waals surface area contributed by atoms with Gasteiger partial charge in [0.25, 0.3) is 0 Å². The van der Waals surface area contributed by atoms with Crippen molar-refractivity contribution < 1.29 is 33.9 Å². The first kappa shape index (κ1) is 40.1. The highest BCUT2D eigenvalue weighted by molar-refractivity contribution is 5.96. The summed E-state index contributed by atoms with van der Waals surface area (Å²) in [5, 5.41) is 23.6. The van der Waals surface area contributed by atoms with Crippen molar-refractivity contribution in [3.8, 4) is 0 Å². The van der Waals surface area contributed by atoms with Gasteiger partial charge in [-0.05, 0) is 51.9 Å². The molecule has 7 atom stereocenters. The third-order valence-corrected chi connectivity index (χ3v) is 7.88. The van der Waals surface area contributed by atoms with E-state index in [1.54, 1.807) is 13.8 Å². The smallest absolute Gasteiger partial charge is 0.245 e. The lowest BCUT2D eigenvalue weighted by atomic mass is 9.96. The number of nitrogens with zero attached hydrogens (tertiary/aromatic N) is 2. The first-order chi connectivity index (χ1) is 21.7. The predicted molar refractivity (Wildman–Crippen MR) is 173 cm³/mol. The van der Waals surface area contributed by atoms with E-state index in [2.05, 4.69) is 31.6 Å². The Balaban J connectivity index is 3.24. The van der Waals surface area contributed by atoms with E-state index in [4.69, 9.17) is 11.5 Å². The van der Waals surface area contributed by atoms with Crippen LogP contribution in [0.25, 0.3) is 0 Å². The molecule has 10 N–H and O–H groups in total. The van der Waals surface area contributed by atoms with Crippen molar-refractivity contribution in [1.29, 1.82) is 0 Å². The van der Waals surface area contributed by atoms with Gasteiger partial charge in [-0.1, -0.05) is 33.6 Å². The number of rotatable bonds is 19. The van der Waals surface area contributed by atoms with Gasteiger partial charge in [-0.3, -0.25) is 33.8 Å². The molecular formula is C30H55N9O7. The topological polar surface area (TPSA) is 250 Å². The monoisotopic (exact) mass is 653 g/mol.